The van der Waals surface area contributed by atoms with E-state index < -0.39 is 0 Å². The summed E-state index contributed by atoms with van der Waals surface area (Å²) >= 11 is 1.60. The standard InChI is InChI=1S/C11H7NO2S/c13-8-3-1-7(2-4-8)10-11-9(14-12-10)5-6-15-11/h1-6,13H. The molecule has 3 aromatic rings. The highest BCUT2D eigenvalue weighted by atomic mass is 32.1. The second kappa shape index (κ2) is 3.10. The van der Waals surface area contributed by atoms with Crippen molar-refractivity contribution >= 4 is 21.6 Å². The van der Waals surface area contributed by atoms with E-state index in [1.165, 1.54) is 0 Å². The normalized spacial score (nSPS) is 10.9. The molecular formula is C11H7NO2S. The van der Waals surface area contributed by atoms with Crippen LogP contribution in [0.5, 0.6) is 5.75 Å². The van der Waals surface area contributed by atoms with Crippen LogP contribution >= 0.6 is 11.3 Å². The number of aromatic hydroxyl groups is 1. The lowest BCUT2D eigenvalue weighted by atomic mass is 10.1. The molecule has 0 unspecified atom stereocenters. The smallest absolute Gasteiger partial charge is 0.178 e. The van der Waals surface area contributed by atoms with E-state index >= 15 is 0 Å². The average molecular weight is 217 g/mol. The van der Waals surface area contributed by atoms with Gasteiger partial charge in [-0.25, -0.2) is 0 Å². The third-order valence-corrected chi connectivity index (χ3v) is 3.12. The molecule has 4 heteroatoms. The Morgan fingerprint density at radius 3 is 2.73 bits per heavy atom. The summed E-state index contributed by atoms with van der Waals surface area (Å²) in [4.78, 5) is 0. The number of thiophene rings is 1. The van der Waals surface area contributed by atoms with Crippen LogP contribution < -0.4 is 0 Å². The highest BCUT2D eigenvalue weighted by Crippen LogP contribution is 2.32. The zero-order valence-corrected chi connectivity index (χ0v) is 8.49. The van der Waals surface area contributed by atoms with Crippen molar-refractivity contribution in [3.8, 4) is 17.0 Å². The number of rotatable bonds is 1. The van der Waals surface area contributed by atoms with Gasteiger partial charge in [0.05, 0.1) is 0 Å². The lowest BCUT2D eigenvalue weighted by molar-refractivity contribution is 0.459. The van der Waals surface area contributed by atoms with Crippen LogP contribution in [0.25, 0.3) is 21.5 Å². The Labute approximate surface area is 89.6 Å². The Balaban J connectivity index is 2.21. The molecule has 0 amide bonds. The minimum absolute atomic E-state index is 0.254. The zero-order chi connectivity index (χ0) is 10.3. The first-order chi connectivity index (χ1) is 7.34. The summed E-state index contributed by atoms with van der Waals surface area (Å²) in [5.74, 6) is 0.254. The summed E-state index contributed by atoms with van der Waals surface area (Å²) < 4.78 is 6.21. The number of fused-ring (bicyclic) bond motifs is 1. The molecule has 0 atom stereocenters. The summed E-state index contributed by atoms with van der Waals surface area (Å²) in [5.41, 5.74) is 2.59. The molecule has 74 valence electrons. The van der Waals surface area contributed by atoms with Crippen LogP contribution in [0.3, 0.4) is 0 Å². The van der Waals surface area contributed by atoms with Crippen LogP contribution in [-0.2, 0) is 0 Å². The van der Waals surface area contributed by atoms with Gasteiger partial charge in [-0.1, -0.05) is 5.16 Å². The Morgan fingerprint density at radius 2 is 1.93 bits per heavy atom. The van der Waals surface area contributed by atoms with E-state index in [2.05, 4.69) is 5.16 Å². The van der Waals surface area contributed by atoms with Gasteiger partial charge in [0, 0.05) is 5.56 Å². The molecule has 0 fully saturated rings. The predicted molar refractivity (Wildman–Crippen MR) is 59.0 cm³/mol. The van der Waals surface area contributed by atoms with Crippen LogP contribution in [0, 0.1) is 0 Å². The van der Waals surface area contributed by atoms with Crippen LogP contribution in [0.15, 0.2) is 40.2 Å². The summed E-state index contributed by atoms with van der Waals surface area (Å²) in [6.45, 7) is 0. The maximum absolute atomic E-state index is 9.19. The fourth-order valence-corrected chi connectivity index (χ4v) is 2.30. The lowest BCUT2D eigenvalue weighted by Gasteiger charge is -1.95. The molecule has 0 bridgehead atoms. The topological polar surface area (TPSA) is 46.3 Å². The maximum Gasteiger partial charge on any atom is 0.178 e. The van der Waals surface area contributed by atoms with E-state index in [0.717, 1.165) is 21.5 Å². The summed E-state index contributed by atoms with van der Waals surface area (Å²) in [5, 5.41) is 15.2. The minimum atomic E-state index is 0.254. The number of benzene rings is 1. The maximum atomic E-state index is 9.19. The van der Waals surface area contributed by atoms with Gasteiger partial charge in [-0.05, 0) is 35.7 Å². The Morgan fingerprint density at radius 1 is 1.13 bits per heavy atom. The average Bonchev–Trinajstić information content (AvgIpc) is 2.80. The number of nitrogens with zero attached hydrogens (tertiary/aromatic N) is 1. The second-order valence-electron chi connectivity index (χ2n) is 3.19. The number of phenolic OH excluding ortho intramolecular Hbond substituents is 1. The van der Waals surface area contributed by atoms with E-state index in [4.69, 9.17) is 4.52 Å². The van der Waals surface area contributed by atoms with E-state index in [1.54, 1.807) is 23.5 Å². The highest BCUT2D eigenvalue weighted by molar-refractivity contribution is 7.17. The number of hydrogen-bond acceptors (Lipinski definition) is 4. The fourth-order valence-electron chi connectivity index (χ4n) is 1.48. The third-order valence-electron chi connectivity index (χ3n) is 2.22. The molecule has 2 aromatic heterocycles. The fraction of sp³-hybridized carbons (Fsp3) is 0. The van der Waals surface area contributed by atoms with Gasteiger partial charge in [0.25, 0.3) is 0 Å². The molecule has 0 spiro atoms. The van der Waals surface area contributed by atoms with Crippen molar-refractivity contribution in [3.63, 3.8) is 0 Å². The SMILES string of the molecule is Oc1ccc(-c2noc3ccsc23)cc1. The van der Waals surface area contributed by atoms with Crippen molar-refractivity contribution < 1.29 is 9.63 Å². The molecule has 3 rings (SSSR count). The van der Waals surface area contributed by atoms with Gasteiger partial charge in [0.2, 0.25) is 0 Å². The summed E-state index contributed by atoms with van der Waals surface area (Å²) in [6.07, 6.45) is 0. The van der Waals surface area contributed by atoms with Gasteiger partial charge >= 0.3 is 0 Å². The first kappa shape index (κ1) is 8.49. The minimum Gasteiger partial charge on any atom is -0.508 e. The zero-order valence-electron chi connectivity index (χ0n) is 7.68. The van der Waals surface area contributed by atoms with Gasteiger partial charge < -0.3 is 9.63 Å². The lowest BCUT2D eigenvalue weighted by Crippen LogP contribution is -1.75. The van der Waals surface area contributed by atoms with Gasteiger partial charge in [0.15, 0.2) is 5.58 Å². The molecule has 0 aliphatic rings. The molecule has 0 saturated carbocycles. The Bertz CT molecular complexity index is 594. The van der Waals surface area contributed by atoms with Crippen LogP contribution in [-0.4, -0.2) is 10.3 Å². The van der Waals surface area contributed by atoms with Gasteiger partial charge in [-0.15, -0.1) is 11.3 Å². The highest BCUT2D eigenvalue weighted by Gasteiger charge is 2.10. The van der Waals surface area contributed by atoms with Gasteiger partial charge in [0.1, 0.15) is 16.1 Å². The van der Waals surface area contributed by atoms with Crippen LogP contribution in [0.2, 0.25) is 0 Å². The quantitative estimate of drug-likeness (QED) is 0.680. The number of aromatic nitrogens is 1. The predicted octanol–water partition coefficient (Wildman–Crippen LogP) is 3.26. The van der Waals surface area contributed by atoms with Gasteiger partial charge in [-0.2, -0.15) is 0 Å². The molecular weight excluding hydrogens is 210 g/mol. The molecule has 0 saturated heterocycles. The first-order valence-corrected chi connectivity index (χ1v) is 5.35. The van der Waals surface area contributed by atoms with Crippen molar-refractivity contribution in [3.05, 3.63) is 35.7 Å². The van der Waals surface area contributed by atoms with E-state index in [1.807, 2.05) is 23.6 Å². The molecule has 0 radical (unpaired) electrons. The second-order valence-corrected chi connectivity index (χ2v) is 4.11. The van der Waals surface area contributed by atoms with Crippen molar-refractivity contribution in [2.75, 3.05) is 0 Å². The Hall–Kier alpha value is -1.81. The first-order valence-electron chi connectivity index (χ1n) is 4.47. The Kier molecular flexibility index (Phi) is 1.76. The van der Waals surface area contributed by atoms with Crippen LogP contribution in [0.1, 0.15) is 0 Å². The third kappa shape index (κ3) is 1.30. The summed E-state index contributed by atoms with van der Waals surface area (Å²) in [6, 6.07) is 8.84. The molecule has 15 heavy (non-hydrogen) atoms. The van der Waals surface area contributed by atoms with E-state index in [0.29, 0.717) is 0 Å². The van der Waals surface area contributed by atoms with Crippen LogP contribution in [0.4, 0.5) is 0 Å². The van der Waals surface area contributed by atoms with Crippen molar-refractivity contribution in [1.82, 2.24) is 5.16 Å². The molecule has 1 aromatic carbocycles. The monoisotopic (exact) mass is 217 g/mol. The molecule has 1 N–H and O–H groups in total. The van der Waals surface area contributed by atoms with Crippen molar-refractivity contribution in [2.45, 2.75) is 0 Å². The van der Waals surface area contributed by atoms with Crippen molar-refractivity contribution in [2.24, 2.45) is 0 Å². The largest absolute Gasteiger partial charge is 0.508 e. The van der Waals surface area contributed by atoms with E-state index in [-0.39, 0.29) is 5.75 Å². The van der Waals surface area contributed by atoms with E-state index in [9.17, 15) is 5.11 Å². The number of phenols is 1. The van der Waals surface area contributed by atoms with Crippen molar-refractivity contribution in [1.29, 1.82) is 0 Å². The molecule has 2 heterocycles. The molecule has 3 nitrogen and oxygen atoms in total. The molecule has 0 aliphatic heterocycles. The van der Waals surface area contributed by atoms with Gasteiger partial charge in [-0.3, -0.25) is 0 Å². The summed E-state index contributed by atoms with van der Waals surface area (Å²) in [7, 11) is 0. The molecule has 0 aliphatic carbocycles. The number of hydrogen-bond donors (Lipinski definition) is 1.